The van der Waals surface area contributed by atoms with Gasteiger partial charge in [0.15, 0.2) is 0 Å². The van der Waals surface area contributed by atoms with Crippen molar-refractivity contribution in [3.05, 3.63) is 27.7 Å². The van der Waals surface area contributed by atoms with Gasteiger partial charge in [-0.3, -0.25) is 4.79 Å². The van der Waals surface area contributed by atoms with Gasteiger partial charge in [0.05, 0.1) is 0 Å². The summed E-state index contributed by atoms with van der Waals surface area (Å²) in [6.45, 7) is 1.65. The Morgan fingerprint density at radius 1 is 1.47 bits per heavy atom. The number of halogens is 1. The zero-order valence-electron chi connectivity index (χ0n) is 8.59. The summed E-state index contributed by atoms with van der Waals surface area (Å²) in [6, 6.07) is 3.55. The van der Waals surface area contributed by atoms with Crippen LogP contribution in [-0.2, 0) is 17.6 Å². The number of carbonyl (C=O) groups excluding carboxylic acids is 1. The quantitative estimate of drug-likeness (QED) is 0.851. The summed E-state index contributed by atoms with van der Waals surface area (Å²) < 4.78 is 1.00. The molecule has 0 saturated carbocycles. The van der Waals surface area contributed by atoms with Gasteiger partial charge in [-0.2, -0.15) is 0 Å². The van der Waals surface area contributed by atoms with Crippen LogP contribution in [-0.4, -0.2) is 10.9 Å². The summed E-state index contributed by atoms with van der Waals surface area (Å²) in [7, 11) is 0. The van der Waals surface area contributed by atoms with Crippen molar-refractivity contribution in [2.75, 3.05) is 0 Å². The lowest BCUT2D eigenvalue weighted by Gasteiger charge is -2.24. The third kappa shape index (κ3) is 1.93. The second-order valence-corrected chi connectivity index (χ2v) is 4.93. The molecular weight excluding hydrogens is 256 g/mol. The van der Waals surface area contributed by atoms with Gasteiger partial charge < -0.3 is 5.11 Å². The fourth-order valence-corrected chi connectivity index (χ4v) is 2.70. The summed E-state index contributed by atoms with van der Waals surface area (Å²) in [5.74, 6) is 0.724. The maximum atomic E-state index is 11.3. The second kappa shape index (κ2) is 3.97. The molecule has 0 heterocycles. The van der Waals surface area contributed by atoms with E-state index in [1.54, 1.807) is 13.0 Å². The van der Waals surface area contributed by atoms with Gasteiger partial charge >= 0.3 is 0 Å². The van der Waals surface area contributed by atoms with Gasteiger partial charge in [0, 0.05) is 10.4 Å². The van der Waals surface area contributed by atoms with Crippen LogP contribution in [0.5, 0.6) is 5.75 Å². The summed E-state index contributed by atoms with van der Waals surface area (Å²) >= 11 is 3.47. The van der Waals surface area contributed by atoms with E-state index in [1.165, 1.54) is 0 Å². The second-order valence-electron chi connectivity index (χ2n) is 4.07. The van der Waals surface area contributed by atoms with Crippen molar-refractivity contribution < 1.29 is 9.90 Å². The Balaban J connectivity index is 2.41. The van der Waals surface area contributed by atoms with Gasteiger partial charge in [0.25, 0.3) is 0 Å². The van der Waals surface area contributed by atoms with E-state index < -0.39 is 0 Å². The number of phenolic OH excluding ortho intramolecular Hbond substituents is 1. The average molecular weight is 269 g/mol. The van der Waals surface area contributed by atoms with E-state index >= 15 is 0 Å². The molecule has 0 fully saturated rings. The van der Waals surface area contributed by atoms with Crippen molar-refractivity contribution >= 4 is 21.7 Å². The summed E-state index contributed by atoms with van der Waals surface area (Å²) in [5, 5.41) is 9.70. The molecule has 0 bridgehead atoms. The van der Waals surface area contributed by atoms with Crippen LogP contribution in [0.25, 0.3) is 0 Å². The molecule has 0 amide bonds. The zero-order chi connectivity index (χ0) is 11.0. The fourth-order valence-electron chi connectivity index (χ4n) is 2.17. The third-order valence-corrected chi connectivity index (χ3v) is 3.86. The largest absolute Gasteiger partial charge is 0.508 e. The van der Waals surface area contributed by atoms with Crippen LogP contribution in [0.4, 0.5) is 0 Å². The van der Waals surface area contributed by atoms with Crippen molar-refractivity contribution in [1.82, 2.24) is 0 Å². The summed E-state index contributed by atoms with van der Waals surface area (Å²) in [4.78, 5) is 11.3. The number of phenols is 1. The Bertz CT molecular complexity index is 412. The Morgan fingerprint density at radius 2 is 2.20 bits per heavy atom. The molecule has 1 aromatic rings. The predicted octanol–water partition coefficient (Wildman–Crippen LogP) is 2.85. The summed E-state index contributed by atoms with van der Waals surface area (Å²) in [6.07, 6.45) is 2.40. The smallest absolute Gasteiger partial charge is 0.133 e. The SMILES string of the molecule is CC(=O)C1CCc2c(O)ccc(Br)c2C1. The van der Waals surface area contributed by atoms with E-state index in [4.69, 9.17) is 0 Å². The van der Waals surface area contributed by atoms with Crippen molar-refractivity contribution in [3.8, 4) is 5.75 Å². The van der Waals surface area contributed by atoms with Crippen molar-refractivity contribution in [2.45, 2.75) is 26.2 Å². The maximum absolute atomic E-state index is 11.3. The Morgan fingerprint density at radius 3 is 2.87 bits per heavy atom. The van der Waals surface area contributed by atoms with Crippen molar-refractivity contribution in [1.29, 1.82) is 0 Å². The lowest BCUT2D eigenvalue weighted by Crippen LogP contribution is -2.20. The van der Waals surface area contributed by atoms with Gasteiger partial charge in [0.1, 0.15) is 11.5 Å². The first-order valence-electron chi connectivity index (χ1n) is 5.09. The maximum Gasteiger partial charge on any atom is 0.133 e. The van der Waals surface area contributed by atoms with E-state index in [1.807, 2.05) is 6.07 Å². The molecule has 2 rings (SSSR count). The number of hydrogen-bond donors (Lipinski definition) is 1. The van der Waals surface area contributed by atoms with Crippen LogP contribution in [0.2, 0.25) is 0 Å². The highest BCUT2D eigenvalue weighted by Crippen LogP contribution is 2.36. The molecule has 0 radical (unpaired) electrons. The van der Waals surface area contributed by atoms with Crippen LogP contribution >= 0.6 is 15.9 Å². The topological polar surface area (TPSA) is 37.3 Å². The highest BCUT2D eigenvalue weighted by atomic mass is 79.9. The van der Waals surface area contributed by atoms with Crippen LogP contribution in [0.3, 0.4) is 0 Å². The lowest BCUT2D eigenvalue weighted by atomic mass is 9.82. The molecule has 0 spiro atoms. The molecule has 0 aliphatic heterocycles. The van der Waals surface area contributed by atoms with Gasteiger partial charge in [0.2, 0.25) is 0 Å². The van der Waals surface area contributed by atoms with Crippen LogP contribution in [0.1, 0.15) is 24.5 Å². The fraction of sp³-hybridized carbons (Fsp3) is 0.417. The third-order valence-electron chi connectivity index (χ3n) is 3.12. The van der Waals surface area contributed by atoms with Crippen LogP contribution in [0, 0.1) is 5.92 Å². The van der Waals surface area contributed by atoms with E-state index in [9.17, 15) is 9.90 Å². The number of hydrogen-bond acceptors (Lipinski definition) is 2. The number of aromatic hydroxyl groups is 1. The molecule has 1 atom stereocenters. The Hall–Kier alpha value is -0.830. The highest BCUT2D eigenvalue weighted by Gasteiger charge is 2.25. The van der Waals surface area contributed by atoms with Gasteiger partial charge in [-0.25, -0.2) is 0 Å². The number of carbonyl (C=O) groups is 1. The Labute approximate surface area is 97.4 Å². The first-order chi connectivity index (χ1) is 7.09. The molecule has 15 heavy (non-hydrogen) atoms. The molecule has 80 valence electrons. The minimum absolute atomic E-state index is 0.121. The highest BCUT2D eigenvalue weighted by molar-refractivity contribution is 9.10. The molecule has 0 aromatic heterocycles. The monoisotopic (exact) mass is 268 g/mol. The van der Waals surface area contributed by atoms with Gasteiger partial charge in [-0.1, -0.05) is 15.9 Å². The molecule has 1 aliphatic carbocycles. The lowest BCUT2D eigenvalue weighted by molar-refractivity contribution is -0.121. The minimum atomic E-state index is 0.121. The van der Waals surface area contributed by atoms with Crippen LogP contribution in [0.15, 0.2) is 16.6 Å². The predicted molar refractivity (Wildman–Crippen MR) is 62.0 cm³/mol. The molecule has 1 N–H and O–H groups in total. The van der Waals surface area contributed by atoms with E-state index in [0.717, 1.165) is 34.9 Å². The molecule has 3 heteroatoms. The normalized spacial score (nSPS) is 19.7. The standard InChI is InChI=1S/C12H13BrO2/c1-7(14)8-2-3-9-10(6-8)11(13)4-5-12(9)15/h4-5,8,15H,2-3,6H2,1H3. The average Bonchev–Trinajstić information content (AvgIpc) is 2.23. The molecule has 1 unspecified atom stereocenters. The van der Waals surface area contributed by atoms with Gasteiger partial charge in [-0.05, 0) is 49.4 Å². The van der Waals surface area contributed by atoms with E-state index in [2.05, 4.69) is 15.9 Å². The van der Waals surface area contributed by atoms with E-state index in [0.29, 0.717) is 5.75 Å². The molecule has 1 aromatic carbocycles. The molecule has 1 aliphatic rings. The number of Topliss-reactive ketones (excluding diaryl/α,β-unsaturated/α-hetero) is 1. The first-order valence-corrected chi connectivity index (χ1v) is 5.88. The first kappa shape index (κ1) is 10.7. The minimum Gasteiger partial charge on any atom is -0.508 e. The molecule has 0 saturated heterocycles. The van der Waals surface area contributed by atoms with Crippen LogP contribution < -0.4 is 0 Å². The van der Waals surface area contributed by atoms with Crippen molar-refractivity contribution in [3.63, 3.8) is 0 Å². The zero-order valence-corrected chi connectivity index (χ0v) is 10.2. The Kier molecular flexibility index (Phi) is 2.83. The number of fused-ring (bicyclic) bond motifs is 1. The van der Waals surface area contributed by atoms with Crippen molar-refractivity contribution in [2.24, 2.45) is 5.92 Å². The number of rotatable bonds is 1. The molecule has 2 nitrogen and oxygen atoms in total. The number of benzene rings is 1. The summed E-state index contributed by atoms with van der Waals surface area (Å²) in [5.41, 5.74) is 2.10. The number of ketones is 1. The van der Waals surface area contributed by atoms with Gasteiger partial charge in [-0.15, -0.1) is 0 Å². The van der Waals surface area contributed by atoms with E-state index in [-0.39, 0.29) is 11.7 Å². The molecular formula is C12H13BrO2.